The number of halogens is 1. The van der Waals surface area contributed by atoms with Crippen LogP contribution < -0.4 is 0 Å². The number of hydrogen-bond acceptors (Lipinski definition) is 4. The molecule has 2 rings (SSSR count). The van der Waals surface area contributed by atoms with E-state index in [2.05, 4.69) is 21.0 Å². The Hall–Kier alpha value is -0.430. The molecular formula is C12H19BrN2O3. The molecule has 1 aromatic rings. The Balaban J connectivity index is 2.23. The van der Waals surface area contributed by atoms with Gasteiger partial charge in [-0.2, -0.15) is 5.10 Å². The number of methoxy groups -OCH3 is 1. The Morgan fingerprint density at radius 2 is 2.50 bits per heavy atom. The fourth-order valence-electron chi connectivity index (χ4n) is 2.31. The second-order valence-electron chi connectivity index (χ2n) is 4.76. The highest BCUT2D eigenvalue weighted by molar-refractivity contribution is 9.10. The van der Waals surface area contributed by atoms with E-state index in [1.54, 1.807) is 18.0 Å². The maximum absolute atomic E-state index is 10.6. The number of aliphatic hydroxyl groups is 1. The van der Waals surface area contributed by atoms with E-state index in [1.807, 2.05) is 6.92 Å². The maximum atomic E-state index is 10.6. The minimum Gasteiger partial charge on any atom is -0.384 e. The van der Waals surface area contributed by atoms with Crippen molar-refractivity contribution in [1.29, 1.82) is 0 Å². The van der Waals surface area contributed by atoms with Gasteiger partial charge >= 0.3 is 0 Å². The highest BCUT2D eigenvalue weighted by Crippen LogP contribution is 2.39. The van der Waals surface area contributed by atoms with Gasteiger partial charge < -0.3 is 14.6 Å². The predicted octanol–water partition coefficient (Wildman–Crippen LogP) is 1.89. The molecule has 0 radical (unpaired) electrons. The molecule has 0 spiro atoms. The summed E-state index contributed by atoms with van der Waals surface area (Å²) < 4.78 is 13.3. The molecule has 1 saturated heterocycles. The Morgan fingerprint density at radius 3 is 3.11 bits per heavy atom. The lowest BCUT2D eigenvalue weighted by Gasteiger charge is -2.30. The minimum absolute atomic E-state index is 0.520. The molecule has 0 aliphatic carbocycles. The molecular weight excluding hydrogens is 300 g/mol. The molecule has 1 N–H and O–H groups in total. The summed E-state index contributed by atoms with van der Waals surface area (Å²) in [4.78, 5) is 0. The first kappa shape index (κ1) is 14.0. The average molecular weight is 319 g/mol. The van der Waals surface area contributed by atoms with E-state index in [9.17, 15) is 5.11 Å². The number of nitrogens with zero attached hydrogens (tertiary/aromatic N) is 2. The standard InChI is InChI=1S/C12H19BrN2O3/c1-12(4-3-6-18-12)11(16)10-9(13)8-14-15(10)5-7-17-2/h8,11,16H,3-7H2,1-2H3. The maximum Gasteiger partial charge on any atom is 0.125 e. The van der Waals surface area contributed by atoms with E-state index < -0.39 is 11.7 Å². The molecule has 6 heteroatoms. The first-order valence-corrected chi connectivity index (χ1v) is 6.90. The lowest BCUT2D eigenvalue weighted by molar-refractivity contribution is -0.0834. The SMILES string of the molecule is COCCn1ncc(Br)c1C(O)C1(C)CCCO1. The summed E-state index contributed by atoms with van der Waals surface area (Å²) in [5.74, 6) is 0. The Bertz CT molecular complexity index is 402. The summed E-state index contributed by atoms with van der Waals surface area (Å²) in [5, 5.41) is 14.8. The first-order valence-electron chi connectivity index (χ1n) is 6.10. The van der Waals surface area contributed by atoms with Crippen LogP contribution in [0.3, 0.4) is 0 Å². The second-order valence-corrected chi connectivity index (χ2v) is 5.62. The average Bonchev–Trinajstić information content (AvgIpc) is 2.93. The van der Waals surface area contributed by atoms with Crippen molar-refractivity contribution < 1.29 is 14.6 Å². The first-order chi connectivity index (χ1) is 8.58. The van der Waals surface area contributed by atoms with E-state index in [-0.39, 0.29) is 0 Å². The van der Waals surface area contributed by atoms with Gasteiger partial charge in [0.15, 0.2) is 0 Å². The summed E-state index contributed by atoms with van der Waals surface area (Å²) in [7, 11) is 1.65. The van der Waals surface area contributed by atoms with Crippen LogP contribution in [-0.2, 0) is 16.0 Å². The number of rotatable bonds is 5. The highest BCUT2D eigenvalue weighted by Gasteiger charge is 2.40. The van der Waals surface area contributed by atoms with Crippen molar-refractivity contribution in [3.63, 3.8) is 0 Å². The Kier molecular flexibility index (Phi) is 4.42. The molecule has 2 heterocycles. The number of aromatic nitrogens is 2. The summed E-state index contributed by atoms with van der Waals surface area (Å²) >= 11 is 3.44. The van der Waals surface area contributed by atoms with Gasteiger partial charge in [0, 0.05) is 13.7 Å². The normalized spacial score (nSPS) is 25.6. The number of ether oxygens (including phenoxy) is 2. The van der Waals surface area contributed by atoms with E-state index in [0.717, 1.165) is 23.0 Å². The molecule has 0 aromatic carbocycles. The summed E-state index contributed by atoms with van der Waals surface area (Å²) in [6.45, 7) is 3.83. The molecule has 18 heavy (non-hydrogen) atoms. The molecule has 0 saturated carbocycles. The number of aliphatic hydroxyl groups excluding tert-OH is 1. The third-order valence-electron chi connectivity index (χ3n) is 3.43. The molecule has 0 amide bonds. The van der Waals surface area contributed by atoms with Crippen molar-refractivity contribution in [3.05, 3.63) is 16.4 Å². The van der Waals surface area contributed by atoms with E-state index in [4.69, 9.17) is 9.47 Å². The molecule has 0 bridgehead atoms. The van der Waals surface area contributed by atoms with Gasteiger partial charge in [-0.05, 0) is 35.7 Å². The molecule has 5 nitrogen and oxygen atoms in total. The van der Waals surface area contributed by atoms with Crippen molar-refractivity contribution in [2.24, 2.45) is 0 Å². The number of hydrogen-bond donors (Lipinski definition) is 1. The predicted molar refractivity (Wildman–Crippen MR) is 70.4 cm³/mol. The van der Waals surface area contributed by atoms with Crippen LogP contribution in [0.2, 0.25) is 0 Å². The van der Waals surface area contributed by atoms with Gasteiger partial charge in [0.25, 0.3) is 0 Å². The van der Waals surface area contributed by atoms with Crippen LogP contribution in [0, 0.1) is 0 Å². The van der Waals surface area contributed by atoms with Crippen LogP contribution >= 0.6 is 15.9 Å². The zero-order chi connectivity index (χ0) is 13.2. The zero-order valence-electron chi connectivity index (χ0n) is 10.7. The van der Waals surface area contributed by atoms with Crippen molar-refractivity contribution in [3.8, 4) is 0 Å². The van der Waals surface area contributed by atoms with E-state index in [1.165, 1.54) is 0 Å². The van der Waals surface area contributed by atoms with Gasteiger partial charge in [-0.25, -0.2) is 0 Å². The van der Waals surface area contributed by atoms with Gasteiger partial charge in [0.2, 0.25) is 0 Å². The van der Waals surface area contributed by atoms with E-state index >= 15 is 0 Å². The van der Waals surface area contributed by atoms with Gasteiger partial charge in [-0.15, -0.1) is 0 Å². The van der Waals surface area contributed by atoms with Crippen molar-refractivity contribution in [2.75, 3.05) is 20.3 Å². The van der Waals surface area contributed by atoms with Gasteiger partial charge in [-0.3, -0.25) is 4.68 Å². The third-order valence-corrected chi connectivity index (χ3v) is 4.04. The highest BCUT2D eigenvalue weighted by atomic mass is 79.9. The quantitative estimate of drug-likeness (QED) is 0.900. The van der Waals surface area contributed by atoms with Gasteiger partial charge in [0.05, 0.1) is 35.1 Å². The lowest BCUT2D eigenvalue weighted by Crippen LogP contribution is -2.34. The Morgan fingerprint density at radius 1 is 1.72 bits per heavy atom. The molecule has 102 valence electrons. The van der Waals surface area contributed by atoms with Crippen molar-refractivity contribution in [1.82, 2.24) is 9.78 Å². The van der Waals surface area contributed by atoms with Crippen molar-refractivity contribution in [2.45, 2.75) is 38.0 Å². The monoisotopic (exact) mass is 318 g/mol. The topological polar surface area (TPSA) is 56.5 Å². The second kappa shape index (κ2) is 5.69. The molecule has 1 aliphatic heterocycles. The fourth-order valence-corrected chi connectivity index (χ4v) is 2.82. The van der Waals surface area contributed by atoms with Gasteiger partial charge in [0.1, 0.15) is 6.10 Å². The fraction of sp³-hybridized carbons (Fsp3) is 0.750. The smallest absolute Gasteiger partial charge is 0.125 e. The molecule has 1 aromatic heterocycles. The van der Waals surface area contributed by atoms with Crippen LogP contribution in [-0.4, -0.2) is 40.8 Å². The van der Waals surface area contributed by atoms with Gasteiger partial charge in [-0.1, -0.05) is 0 Å². The summed E-state index contributed by atoms with van der Waals surface area (Å²) in [6, 6.07) is 0. The minimum atomic E-state index is -0.686. The third kappa shape index (κ3) is 2.61. The molecule has 2 atom stereocenters. The summed E-state index contributed by atoms with van der Waals surface area (Å²) in [5.41, 5.74) is 0.240. The zero-order valence-corrected chi connectivity index (χ0v) is 12.3. The van der Waals surface area contributed by atoms with Crippen LogP contribution in [0.5, 0.6) is 0 Å². The Labute approximate surface area is 115 Å². The van der Waals surface area contributed by atoms with Crippen LogP contribution in [0.25, 0.3) is 0 Å². The largest absolute Gasteiger partial charge is 0.384 e. The molecule has 1 fully saturated rings. The van der Waals surface area contributed by atoms with Crippen molar-refractivity contribution >= 4 is 15.9 Å². The van der Waals surface area contributed by atoms with Crippen LogP contribution in [0.15, 0.2) is 10.7 Å². The van der Waals surface area contributed by atoms with Crippen LogP contribution in [0.1, 0.15) is 31.6 Å². The summed E-state index contributed by atoms with van der Waals surface area (Å²) in [6.07, 6.45) is 2.86. The van der Waals surface area contributed by atoms with E-state index in [0.29, 0.717) is 19.8 Å². The lowest BCUT2D eigenvalue weighted by atomic mass is 9.93. The molecule has 2 unspecified atom stereocenters. The van der Waals surface area contributed by atoms with Crippen LogP contribution in [0.4, 0.5) is 0 Å². The molecule has 1 aliphatic rings.